The molecule has 7 heteroatoms. The molecule has 176 valence electrons. The highest BCUT2D eigenvalue weighted by molar-refractivity contribution is 7.92. The van der Waals surface area contributed by atoms with E-state index in [-0.39, 0.29) is 17.4 Å². The maximum absolute atomic E-state index is 13.7. The predicted octanol–water partition coefficient (Wildman–Crippen LogP) is 5.24. The van der Waals surface area contributed by atoms with Crippen molar-refractivity contribution in [2.45, 2.75) is 69.3 Å². The summed E-state index contributed by atoms with van der Waals surface area (Å²) < 4.78 is 32.3. The molecule has 0 aromatic heterocycles. The van der Waals surface area contributed by atoms with Crippen molar-refractivity contribution in [1.82, 2.24) is 0 Å². The van der Waals surface area contributed by atoms with Gasteiger partial charge < -0.3 is 9.64 Å². The van der Waals surface area contributed by atoms with Crippen LogP contribution in [0.5, 0.6) is 5.75 Å². The van der Waals surface area contributed by atoms with Crippen LogP contribution in [0.2, 0.25) is 0 Å². The Kier molecular flexibility index (Phi) is 5.85. The maximum atomic E-state index is 13.7. The predicted molar refractivity (Wildman–Crippen MR) is 131 cm³/mol. The summed E-state index contributed by atoms with van der Waals surface area (Å²) in [5.41, 5.74) is 3.05. The van der Waals surface area contributed by atoms with Crippen LogP contribution in [0, 0.1) is 0 Å². The normalized spacial score (nSPS) is 20.1. The molecule has 1 heterocycles. The molecule has 2 aromatic rings. The van der Waals surface area contributed by atoms with Crippen molar-refractivity contribution in [3.8, 4) is 5.75 Å². The van der Waals surface area contributed by atoms with Gasteiger partial charge in [0, 0.05) is 28.9 Å². The van der Waals surface area contributed by atoms with Gasteiger partial charge in [0.25, 0.3) is 5.91 Å². The van der Waals surface area contributed by atoms with Crippen molar-refractivity contribution in [3.63, 3.8) is 0 Å². The molecule has 1 amide bonds. The average Bonchev–Trinajstić information content (AvgIpc) is 3.40. The third-order valence-electron chi connectivity index (χ3n) is 7.36. The van der Waals surface area contributed by atoms with E-state index in [1.807, 2.05) is 41.3 Å². The van der Waals surface area contributed by atoms with Crippen LogP contribution in [0.25, 0.3) is 0 Å². The molecule has 33 heavy (non-hydrogen) atoms. The number of carbonyl (C=O) groups excluding carboxylic acids is 1. The van der Waals surface area contributed by atoms with Gasteiger partial charge >= 0.3 is 0 Å². The SMILES string of the molecule is CS(=O)(=O)Nc1ccc2c(c1)C1(CCCCC1)CN2C(=O)c1cccc(OC2CCCC2)c1. The highest BCUT2D eigenvalue weighted by Gasteiger charge is 2.45. The molecule has 1 spiro atoms. The number of nitrogens with zero attached hydrogens (tertiary/aromatic N) is 1. The number of benzene rings is 2. The van der Waals surface area contributed by atoms with Crippen LogP contribution in [-0.4, -0.2) is 33.2 Å². The molecule has 1 N–H and O–H groups in total. The number of hydrogen-bond donors (Lipinski definition) is 1. The topological polar surface area (TPSA) is 75.7 Å². The monoisotopic (exact) mass is 468 g/mol. The summed E-state index contributed by atoms with van der Waals surface area (Å²) in [6, 6.07) is 13.1. The molecule has 2 aliphatic carbocycles. The minimum Gasteiger partial charge on any atom is -0.490 e. The lowest BCUT2D eigenvalue weighted by Crippen LogP contribution is -2.38. The fourth-order valence-electron chi connectivity index (χ4n) is 5.84. The zero-order chi connectivity index (χ0) is 23.1. The van der Waals surface area contributed by atoms with Gasteiger partial charge in [0.1, 0.15) is 5.75 Å². The van der Waals surface area contributed by atoms with Gasteiger partial charge in [-0.3, -0.25) is 9.52 Å². The van der Waals surface area contributed by atoms with E-state index in [2.05, 4.69) is 4.72 Å². The zero-order valence-corrected chi connectivity index (χ0v) is 20.0. The summed E-state index contributed by atoms with van der Waals surface area (Å²) in [4.78, 5) is 15.6. The first-order valence-electron chi connectivity index (χ1n) is 12.0. The highest BCUT2D eigenvalue weighted by atomic mass is 32.2. The molecular formula is C26H32N2O4S. The van der Waals surface area contributed by atoms with Crippen LogP contribution < -0.4 is 14.4 Å². The Hall–Kier alpha value is -2.54. The Bertz CT molecular complexity index is 1150. The number of anilines is 2. The third kappa shape index (κ3) is 4.60. The lowest BCUT2D eigenvalue weighted by Gasteiger charge is -2.34. The minimum absolute atomic E-state index is 0.0283. The molecule has 0 saturated heterocycles. The van der Waals surface area contributed by atoms with Gasteiger partial charge in [-0.05, 0) is 80.5 Å². The van der Waals surface area contributed by atoms with E-state index in [9.17, 15) is 13.2 Å². The Morgan fingerprint density at radius 1 is 1.03 bits per heavy atom. The van der Waals surface area contributed by atoms with E-state index < -0.39 is 10.0 Å². The van der Waals surface area contributed by atoms with Gasteiger partial charge in [-0.1, -0.05) is 25.3 Å². The van der Waals surface area contributed by atoms with Crippen LogP contribution in [0.1, 0.15) is 73.7 Å². The maximum Gasteiger partial charge on any atom is 0.258 e. The molecule has 5 rings (SSSR count). The summed E-state index contributed by atoms with van der Waals surface area (Å²) in [5.74, 6) is 0.728. The first-order chi connectivity index (χ1) is 15.8. The number of amides is 1. The number of rotatable bonds is 5. The Balaban J connectivity index is 1.46. The first kappa shape index (κ1) is 22.3. The van der Waals surface area contributed by atoms with Crippen molar-refractivity contribution in [3.05, 3.63) is 53.6 Å². The van der Waals surface area contributed by atoms with Gasteiger partial charge in [-0.25, -0.2) is 8.42 Å². The number of nitrogens with one attached hydrogen (secondary N) is 1. The second kappa shape index (κ2) is 8.67. The summed E-state index contributed by atoms with van der Waals surface area (Å²) in [6.07, 6.45) is 11.4. The average molecular weight is 469 g/mol. The van der Waals surface area contributed by atoms with E-state index in [1.165, 1.54) is 19.3 Å². The largest absolute Gasteiger partial charge is 0.490 e. The molecule has 0 bridgehead atoms. The van der Waals surface area contributed by atoms with Crippen LogP contribution in [-0.2, 0) is 15.4 Å². The molecule has 3 aliphatic rings. The Labute approximate surface area is 196 Å². The second-order valence-electron chi connectivity index (χ2n) is 9.89. The quantitative estimate of drug-likeness (QED) is 0.651. The van der Waals surface area contributed by atoms with Crippen LogP contribution in [0.4, 0.5) is 11.4 Å². The molecule has 0 radical (unpaired) electrons. The summed E-state index contributed by atoms with van der Waals surface area (Å²) in [7, 11) is -3.37. The highest BCUT2D eigenvalue weighted by Crippen LogP contribution is 2.50. The zero-order valence-electron chi connectivity index (χ0n) is 19.2. The van der Waals surface area contributed by atoms with Crippen LogP contribution in [0.3, 0.4) is 0 Å². The molecule has 2 saturated carbocycles. The Morgan fingerprint density at radius 2 is 1.79 bits per heavy atom. The number of ether oxygens (including phenoxy) is 1. The van der Waals surface area contributed by atoms with Crippen molar-refractivity contribution in [1.29, 1.82) is 0 Å². The van der Waals surface area contributed by atoms with Crippen LogP contribution >= 0.6 is 0 Å². The van der Waals surface area contributed by atoms with Crippen molar-refractivity contribution < 1.29 is 17.9 Å². The molecule has 2 aromatic carbocycles. The first-order valence-corrected chi connectivity index (χ1v) is 13.9. The number of fused-ring (bicyclic) bond motifs is 2. The van der Waals surface area contributed by atoms with Gasteiger partial charge in [0.05, 0.1) is 12.4 Å². The van der Waals surface area contributed by atoms with Gasteiger partial charge in [0.2, 0.25) is 10.0 Å². The number of sulfonamides is 1. The van der Waals surface area contributed by atoms with Crippen molar-refractivity contribution >= 4 is 27.3 Å². The molecule has 2 fully saturated rings. The minimum atomic E-state index is -3.37. The lowest BCUT2D eigenvalue weighted by molar-refractivity contribution is 0.0981. The Morgan fingerprint density at radius 3 is 2.52 bits per heavy atom. The fourth-order valence-corrected chi connectivity index (χ4v) is 6.40. The number of carbonyl (C=O) groups is 1. The summed E-state index contributed by atoms with van der Waals surface area (Å²) in [5, 5.41) is 0. The van der Waals surface area contributed by atoms with Gasteiger partial charge in [-0.2, -0.15) is 0 Å². The van der Waals surface area contributed by atoms with E-state index in [4.69, 9.17) is 4.74 Å². The molecule has 0 unspecified atom stereocenters. The number of hydrogen-bond acceptors (Lipinski definition) is 4. The molecule has 6 nitrogen and oxygen atoms in total. The second-order valence-corrected chi connectivity index (χ2v) is 11.6. The van der Waals surface area contributed by atoms with Crippen LogP contribution in [0.15, 0.2) is 42.5 Å². The molecule has 1 aliphatic heterocycles. The summed E-state index contributed by atoms with van der Waals surface area (Å²) in [6.45, 7) is 0.636. The third-order valence-corrected chi connectivity index (χ3v) is 7.97. The smallest absolute Gasteiger partial charge is 0.258 e. The van der Waals surface area contributed by atoms with E-state index in [1.54, 1.807) is 6.07 Å². The standard InChI is InChI=1S/C26H32N2O4S/c1-33(30,31)27-20-12-13-24-23(17-20)26(14-5-2-6-15-26)18-28(24)25(29)19-8-7-11-22(16-19)32-21-9-3-4-10-21/h7-8,11-13,16-17,21,27H,2-6,9-10,14-15,18H2,1H3. The summed E-state index contributed by atoms with van der Waals surface area (Å²) >= 11 is 0. The fraction of sp³-hybridized carbons (Fsp3) is 0.500. The lowest BCUT2D eigenvalue weighted by atomic mass is 9.70. The van der Waals surface area contributed by atoms with E-state index in [0.717, 1.165) is 61.8 Å². The van der Waals surface area contributed by atoms with E-state index in [0.29, 0.717) is 17.8 Å². The van der Waals surface area contributed by atoms with Gasteiger partial charge in [-0.15, -0.1) is 0 Å². The van der Waals surface area contributed by atoms with Crippen molar-refractivity contribution in [2.24, 2.45) is 0 Å². The van der Waals surface area contributed by atoms with Crippen molar-refractivity contribution in [2.75, 3.05) is 22.4 Å². The van der Waals surface area contributed by atoms with Gasteiger partial charge in [0.15, 0.2) is 0 Å². The molecular weight excluding hydrogens is 436 g/mol. The molecule has 0 atom stereocenters. The van der Waals surface area contributed by atoms with E-state index >= 15 is 0 Å².